The highest BCUT2D eigenvalue weighted by Crippen LogP contribution is 2.40. The lowest BCUT2D eigenvalue weighted by Crippen LogP contribution is -1.87. The molecule has 0 heterocycles. The summed E-state index contributed by atoms with van der Waals surface area (Å²) in [5.41, 5.74) is 9.91. The van der Waals surface area contributed by atoms with Crippen LogP contribution in [-0.2, 0) is 0 Å². The van der Waals surface area contributed by atoms with Gasteiger partial charge in [0.15, 0.2) is 0 Å². The maximum absolute atomic E-state index is 2.33. The van der Waals surface area contributed by atoms with E-state index in [2.05, 4.69) is 182 Å². The zero-order valence-corrected chi connectivity index (χ0v) is 26.3. The predicted octanol–water partition coefficient (Wildman–Crippen LogP) is 13.6. The second-order valence-corrected chi connectivity index (χ2v) is 12.9. The molecule has 0 fully saturated rings. The van der Waals surface area contributed by atoms with Crippen LogP contribution in [0.1, 0.15) is 0 Å². The van der Waals surface area contributed by atoms with E-state index in [-0.39, 0.29) is 0 Å². The summed E-state index contributed by atoms with van der Waals surface area (Å²) < 4.78 is 0. The van der Waals surface area contributed by atoms with Gasteiger partial charge in [0, 0.05) is 0 Å². The quantitative estimate of drug-likeness (QED) is 0.175. The van der Waals surface area contributed by atoms with Crippen molar-refractivity contribution >= 4 is 53.9 Å². The average Bonchev–Trinajstić information content (AvgIpc) is 3.17. The molecule has 0 radical (unpaired) electrons. The largest absolute Gasteiger partial charge is 0.0616 e. The van der Waals surface area contributed by atoms with Crippen molar-refractivity contribution in [1.82, 2.24) is 0 Å². The Labute approximate surface area is 279 Å². The molecule has 222 valence electrons. The molecule has 0 saturated heterocycles. The van der Waals surface area contributed by atoms with E-state index < -0.39 is 0 Å². The Morgan fingerprint density at radius 2 is 0.708 bits per heavy atom. The van der Waals surface area contributed by atoms with Gasteiger partial charge in [0.05, 0.1) is 0 Å². The van der Waals surface area contributed by atoms with Gasteiger partial charge in [-0.1, -0.05) is 170 Å². The highest BCUT2D eigenvalue weighted by molar-refractivity contribution is 6.25. The van der Waals surface area contributed by atoms with Gasteiger partial charge in [-0.3, -0.25) is 0 Å². The Balaban J connectivity index is 0.984. The molecule has 0 atom stereocenters. The molecule has 0 aromatic heterocycles. The highest BCUT2D eigenvalue weighted by Gasteiger charge is 2.13. The molecule has 0 nitrogen and oxygen atoms in total. The Kier molecular flexibility index (Phi) is 5.98. The lowest BCUT2D eigenvalue weighted by atomic mass is 9.89. The zero-order valence-electron chi connectivity index (χ0n) is 26.3. The van der Waals surface area contributed by atoms with Crippen molar-refractivity contribution in [3.05, 3.63) is 182 Å². The van der Waals surface area contributed by atoms with Crippen LogP contribution in [0.5, 0.6) is 0 Å². The van der Waals surface area contributed by atoms with Crippen molar-refractivity contribution in [3.63, 3.8) is 0 Å². The van der Waals surface area contributed by atoms with Crippen LogP contribution >= 0.6 is 0 Å². The zero-order chi connectivity index (χ0) is 31.6. The van der Waals surface area contributed by atoms with Gasteiger partial charge < -0.3 is 0 Å². The fourth-order valence-corrected chi connectivity index (χ4v) is 7.84. The van der Waals surface area contributed by atoms with Gasteiger partial charge >= 0.3 is 0 Å². The van der Waals surface area contributed by atoms with Gasteiger partial charge in [-0.05, 0) is 111 Å². The number of fused-ring (bicyclic) bond motifs is 3. The van der Waals surface area contributed by atoms with Gasteiger partial charge in [-0.15, -0.1) is 0 Å². The molecule has 0 amide bonds. The third kappa shape index (κ3) is 4.24. The molecule has 0 N–H and O–H groups in total. The van der Waals surface area contributed by atoms with E-state index in [0.29, 0.717) is 0 Å². The Bertz CT molecular complexity index is 2790. The minimum atomic E-state index is 1.22. The monoisotopic (exact) mass is 606 g/mol. The van der Waals surface area contributed by atoms with Gasteiger partial charge in [0.2, 0.25) is 0 Å². The van der Waals surface area contributed by atoms with Crippen LogP contribution in [0.4, 0.5) is 0 Å². The van der Waals surface area contributed by atoms with Crippen LogP contribution in [0.3, 0.4) is 0 Å². The van der Waals surface area contributed by atoms with Crippen LogP contribution in [0.25, 0.3) is 98.4 Å². The van der Waals surface area contributed by atoms with E-state index in [0.717, 1.165) is 0 Å². The molecule has 10 aromatic rings. The van der Waals surface area contributed by atoms with Crippen LogP contribution in [0.2, 0.25) is 0 Å². The summed E-state index contributed by atoms with van der Waals surface area (Å²) in [7, 11) is 0. The fourth-order valence-electron chi connectivity index (χ4n) is 7.84. The number of hydrogen-bond acceptors (Lipinski definition) is 0. The highest BCUT2D eigenvalue weighted by atomic mass is 14.2. The topological polar surface area (TPSA) is 0 Å². The SMILES string of the molecule is c1cc(-c2ccc(-c3cc4ccccc4c4ccccc34)cc2)cc(-c2ccc(-c3ccc4ccc5cccc6ccc3c4c56)cc2)c1. The molecular formula is C48H30. The van der Waals surface area contributed by atoms with Crippen molar-refractivity contribution in [3.8, 4) is 44.5 Å². The van der Waals surface area contributed by atoms with E-state index in [1.54, 1.807) is 0 Å². The maximum Gasteiger partial charge on any atom is -0.00206 e. The molecule has 10 aromatic carbocycles. The molecule has 0 aliphatic rings. The second kappa shape index (κ2) is 10.7. The summed E-state index contributed by atoms with van der Waals surface area (Å²) >= 11 is 0. The summed E-state index contributed by atoms with van der Waals surface area (Å²) in [4.78, 5) is 0. The predicted molar refractivity (Wildman–Crippen MR) is 207 cm³/mol. The maximum atomic E-state index is 2.33. The van der Waals surface area contributed by atoms with Crippen molar-refractivity contribution in [1.29, 1.82) is 0 Å². The number of benzene rings is 10. The molecular weight excluding hydrogens is 577 g/mol. The van der Waals surface area contributed by atoms with Gasteiger partial charge in [-0.2, -0.15) is 0 Å². The van der Waals surface area contributed by atoms with Gasteiger partial charge in [0.1, 0.15) is 0 Å². The molecule has 0 heteroatoms. The van der Waals surface area contributed by atoms with Crippen molar-refractivity contribution in [2.45, 2.75) is 0 Å². The fraction of sp³-hybridized carbons (Fsp3) is 0. The number of rotatable bonds is 4. The third-order valence-corrected chi connectivity index (χ3v) is 10.2. The summed E-state index contributed by atoms with van der Waals surface area (Å²) in [6.45, 7) is 0. The van der Waals surface area contributed by atoms with Crippen LogP contribution in [-0.4, -0.2) is 0 Å². The lowest BCUT2D eigenvalue weighted by Gasteiger charge is -2.14. The molecule has 0 bridgehead atoms. The van der Waals surface area contributed by atoms with Crippen LogP contribution < -0.4 is 0 Å². The van der Waals surface area contributed by atoms with E-state index in [9.17, 15) is 0 Å². The van der Waals surface area contributed by atoms with Gasteiger partial charge in [-0.25, -0.2) is 0 Å². The van der Waals surface area contributed by atoms with Crippen molar-refractivity contribution < 1.29 is 0 Å². The summed E-state index contributed by atoms with van der Waals surface area (Å²) in [5, 5.41) is 13.1. The normalized spacial score (nSPS) is 11.8. The standard InChI is InChI=1S/C48H30/c1-2-12-41-40(7-1)30-46(44-14-4-3-13-43(41)44)34-21-17-32(18-22-34)39-11-6-10-38(29-39)31-15-19-33(20-16-31)42-27-25-37-24-23-35-8-5-9-36-26-28-45(42)48(37)47(35)36/h1-30H. The molecule has 0 saturated carbocycles. The van der Waals surface area contributed by atoms with E-state index >= 15 is 0 Å². The first-order chi connectivity index (χ1) is 23.8. The Morgan fingerprint density at radius 1 is 0.208 bits per heavy atom. The lowest BCUT2D eigenvalue weighted by molar-refractivity contribution is 1.58. The molecule has 10 rings (SSSR count). The van der Waals surface area contributed by atoms with E-state index in [4.69, 9.17) is 0 Å². The third-order valence-electron chi connectivity index (χ3n) is 10.2. The summed E-state index contributed by atoms with van der Waals surface area (Å²) in [5.74, 6) is 0. The van der Waals surface area contributed by atoms with Crippen LogP contribution in [0.15, 0.2) is 182 Å². The molecule has 0 aliphatic heterocycles. The Morgan fingerprint density at radius 3 is 1.42 bits per heavy atom. The Hall–Kier alpha value is -6.24. The molecule has 48 heavy (non-hydrogen) atoms. The first-order valence-corrected chi connectivity index (χ1v) is 16.7. The molecule has 0 unspecified atom stereocenters. The first-order valence-electron chi connectivity index (χ1n) is 16.7. The van der Waals surface area contributed by atoms with Crippen molar-refractivity contribution in [2.75, 3.05) is 0 Å². The average molecular weight is 607 g/mol. The summed E-state index contributed by atoms with van der Waals surface area (Å²) in [6, 6.07) is 67.0. The van der Waals surface area contributed by atoms with Crippen LogP contribution in [0, 0.1) is 0 Å². The smallest absolute Gasteiger partial charge is 0.00206 e. The van der Waals surface area contributed by atoms with E-state index in [1.165, 1.54) is 98.4 Å². The summed E-state index contributed by atoms with van der Waals surface area (Å²) in [6.07, 6.45) is 0. The molecule has 0 aliphatic carbocycles. The first kappa shape index (κ1) is 26.9. The van der Waals surface area contributed by atoms with E-state index in [1.807, 2.05) is 0 Å². The minimum absolute atomic E-state index is 1.22. The molecule has 0 spiro atoms. The second-order valence-electron chi connectivity index (χ2n) is 12.9. The van der Waals surface area contributed by atoms with Crippen molar-refractivity contribution in [2.24, 2.45) is 0 Å². The minimum Gasteiger partial charge on any atom is -0.0616 e. The van der Waals surface area contributed by atoms with Gasteiger partial charge in [0.25, 0.3) is 0 Å². The number of hydrogen-bond donors (Lipinski definition) is 0.